The topological polar surface area (TPSA) is 68.8 Å². The molecule has 8 heteroatoms. The van der Waals surface area contributed by atoms with Crippen molar-refractivity contribution in [3.05, 3.63) is 45.9 Å². The number of amides is 1. The van der Waals surface area contributed by atoms with E-state index in [4.69, 9.17) is 37.4 Å². The van der Waals surface area contributed by atoms with Crippen LogP contribution in [0.5, 0.6) is 17.2 Å². The summed E-state index contributed by atoms with van der Waals surface area (Å²) in [6, 6.07) is 8.84. The molecule has 2 rings (SSSR count). The second kappa shape index (κ2) is 9.94. The van der Waals surface area contributed by atoms with Gasteiger partial charge in [-0.15, -0.1) is 0 Å². The Bertz CT molecular complexity index is 866. The van der Waals surface area contributed by atoms with Crippen LogP contribution in [0, 0.1) is 0 Å². The molecule has 158 valence electrons. The molecule has 2 N–H and O–H groups in total. The van der Waals surface area contributed by atoms with Crippen LogP contribution in [0.2, 0.25) is 10.0 Å². The first-order valence-electron chi connectivity index (χ1n) is 9.00. The van der Waals surface area contributed by atoms with Gasteiger partial charge < -0.3 is 24.8 Å². The lowest BCUT2D eigenvalue weighted by molar-refractivity contribution is -0.124. The number of rotatable bonds is 8. The average molecular weight is 441 g/mol. The van der Waals surface area contributed by atoms with E-state index < -0.39 is 0 Å². The third-order valence-corrected chi connectivity index (χ3v) is 4.49. The minimum Gasteiger partial charge on any atom is -0.495 e. The van der Waals surface area contributed by atoms with Gasteiger partial charge in [-0.3, -0.25) is 4.79 Å². The zero-order valence-corrected chi connectivity index (χ0v) is 18.7. The second-order valence-corrected chi connectivity index (χ2v) is 8.20. The van der Waals surface area contributed by atoms with E-state index in [0.717, 1.165) is 11.3 Å². The van der Waals surface area contributed by atoms with Crippen LogP contribution in [0.15, 0.2) is 30.3 Å². The number of hydrogen-bond donors (Lipinski definition) is 2. The summed E-state index contributed by atoms with van der Waals surface area (Å²) in [4.78, 5) is 12.0. The van der Waals surface area contributed by atoms with Gasteiger partial charge in [-0.1, -0.05) is 23.2 Å². The van der Waals surface area contributed by atoms with Gasteiger partial charge in [0, 0.05) is 28.9 Å². The number of carbonyl (C=O) groups excluding carboxylic acids is 1. The maximum Gasteiger partial charge on any atom is 0.258 e. The Labute approximate surface area is 181 Å². The molecule has 0 saturated carbocycles. The molecule has 29 heavy (non-hydrogen) atoms. The van der Waals surface area contributed by atoms with Crippen molar-refractivity contribution in [3.63, 3.8) is 0 Å². The molecular weight excluding hydrogens is 415 g/mol. The molecule has 0 aliphatic rings. The third-order valence-electron chi connectivity index (χ3n) is 3.84. The second-order valence-electron chi connectivity index (χ2n) is 7.38. The summed E-state index contributed by atoms with van der Waals surface area (Å²) in [6.45, 7) is 6.02. The van der Waals surface area contributed by atoms with Gasteiger partial charge in [-0.25, -0.2) is 0 Å². The molecule has 0 saturated heterocycles. The van der Waals surface area contributed by atoms with E-state index in [1.807, 2.05) is 26.8 Å². The molecule has 0 fully saturated rings. The Morgan fingerprint density at radius 2 is 1.66 bits per heavy atom. The van der Waals surface area contributed by atoms with Gasteiger partial charge in [0.1, 0.15) is 5.75 Å². The molecule has 0 aromatic heterocycles. The Hall–Kier alpha value is -2.31. The van der Waals surface area contributed by atoms with Crippen LogP contribution < -0.4 is 24.8 Å². The van der Waals surface area contributed by atoms with Crippen molar-refractivity contribution < 1.29 is 19.0 Å². The molecule has 0 radical (unpaired) electrons. The van der Waals surface area contributed by atoms with Gasteiger partial charge in [0.15, 0.2) is 18.1 Å². The Balaban J connectivity index is 2.07. The molecule has 0 aliphatic heterocycles. The summed E-state index contributed by atoms with van der Waals surface area (Å²) >= 11 is 12.6. The van der Waals surface area contributed by atoms with Crippen LogP contribution in [0.1, 0.15) is 26.3 Å². The summed E-state index contributed by atoms with van der Waals surface area (Å²) in [6.07, 6.45) is 0. The highest BCUT2D eigenvalue weighted by atomic mass is 35.5. The number of nitrogens with one attached hydrogen (secondary N) is 2. The molecule has 2 aromatic carbocycles. The third kappa shape index (κ3) is 6.91. The number of halogens is 2. The van der Waals surface area contributed by atoms with Gasteiger partial charge >= 0.3 is 0 Å². The number of methoxy groups -OCH3 is 2. The summed E-state index contributed by atoms with van der Waals surface area (Å²) < 4.78 is 16.1. The lowest BCUT2D eigenvalue weighted by Gasteiger charge is -2.21. The van der Waals surface area contributed by atoms with E-state index in [9.17, 15) is 4.79 Å². The molecule has 1 amide bonds. The first-order chi connectivity index (χ1) is 13.6. The van der Waals surface area contributed by atoms with Crippen molar-refractivity contribution in [3.8, 4) is 17.2 Å². The summed E-state index contributed by atoms with van der Waals surface area (Å²) in [5.41, 5.74) is 1.30. The van der Waals surface area contributed by atoms with E-state index in [1.54, 1.807) is 31.4 Å². The SMILES string of the molecule is COc1ccc(NCc2cc(OC)c(OCC(=O)NC(C)(C)C)cc2Cl)cc1Cl. The highest BCUT2D eigenvalue weighted by molar-refractivity contribution is 6.32. The molecular formula is C21H26Cl2N2O4. The molecule has 0 bridgehead atoms. The molecule has 0 heterocycles. The van der Waals surface area contributed by atoms with Crippen LogP contribution in [-0.4, -0.2) is 32.3 Å². The maximum atomic E-state index is 12.0. The van der Waals surface area contributed by atoms with Crippen LogP contribution in [0.4, 0.5) is 5.69 Å². The molecule has 6 nitrogen and oxygen atoms in total. The Kier molecular flexibility index (Phi) is 7.88. The molecule has 0 aliphatic carbocycles. The van der Waals surface area contributed by atoms with Crippen molar-refractivity contribution in [1.82, 2.24) is 5.32 Å². The first-order valence-corrected chi connectivity index (χ1v) is 9.76. The van der Waals surface area contributed by atoms with Crippen molar-refractivity contribution in [2.75, 3.05) is 26.1 Å². The number of hydrogen-bond acceptors (Lipinski definition) is 5. The quantitative estimate of drug-likeness (QED) is 0.609. The highest BCUT2D eigenvalue weighted by Gasteiger charge is 2.16. The molecule has 2 aromatic rings. The van der Waals surface area contributed by atoms with Gasteiger partial charge in [0.05, 0.1) is 19.2 Å². The number of benzene rings is 2. The van der Waals surface area contributed by atoms with Crippen LogP contribution in [0.25, 0.3) is 0 Å². The van der Waals surface area contributed by atoms with E-state index in [0.29, 0.717) is 33.8 Å². The van der Waals surface area contributed by atoms with Gasteiger partial charge in [0.25, 0.3) is 5.91 Å². The minimum atomic E-state index is -0.331. The van der Waals surface area contributed by atoms with Crippen molar-refractivity contribution in [2.24, 2.45) is 0 Å². The zero-order valence-electron chi connectivity index (χ0n) is 17.2. The highest BCUT2D eigenvalue weighted by Crippen LogP contribution is 2.34. The fourth-order valence-electron chi connectivity index (χ4n) is 2.56. The predicted molar refractivity (Wildman–Crippen MR) is 117 cm³/mol. The molecule has 0 spiro atoms. The fourth-order valence-corrected chi connectivity index (χ4v) is 3.03. The number of carbonyl (C=O) groups is 1. The Morgan fingerprint density at radius 3 is 2.24 bits per heavy atom. The van der Waals surface area contributed by atoms with E-state index in [-0.39, 0.29) is 18.1 Å². The smallest absolute Gasteiger partial charge is 0.258 e. The fraction of sp³-hybridized carbons (Fsp3) is 0.381. The number of ether oxygens (including phenoxy) is 3. The molecule has 0 unspecified atom stereocenters. The van der Waals surface area contributed by atoms with Crippen LogP contribution >= 0.6 is 23.2 Å². The summed E-state index contributed by atoms with van der Waals surface area (Å²) in [7, 11) is 3.10. The van der Waals surface area contributed by atoms with Gasteiger partial charge in [0.2, 0.25) is 0 Å². The van der Waals surface area contributed by atoms with Crippen molar-refractivity contribution >= 4 is 34.8 Å². The predicted octanol–water partition coefficient (Wildman–Crippen LogP) is 4.92. The monoisotopic (exact) mass is 440 g/mol. The maximum absolute atomic E-state index is 12.0. The largest absolute Gasteiger partial charge is 0.495 e. The Morgan fingerprint density at radius 1 is 0.966 bits per heavy atom. The average Bonchev–Trinajstić information content (AvgIpc) is 2.64. The normalized spacial score (nSPS) is 11.0. The standard InChI is InChI=1S/C21H26Cl2N2O4/c1-21(2,3)25-20(26)12-29-19-10-15(22)13(8-18(19)28-5)11-24-14-6-7-17(27-4)16(23)9-14/h6-10,24H,11-12H2,1-5H3,(H,25,26). The summed E-state index contributed by atoms with van der Waals surface area (Å²) in [5.74, 6) is 1.27. The van der Waals surface area contributed by atoms with Crippen LogP contribution in [-0.2, 0) is 11.3 Å². The zero-order chi connectivity index (χ0) is 21.6. The first kappa shape index (κ1) is 23.0. The van der Waals surface area contributed by atoms with Crippen LogP contribution in [0.3, 0.4) is 0 Å². The van der Waals surface area contributed by atoms with Crippen molar-refractivity contribution in [2.45, 2.75) is 32.9 Å². The van der Waals surface area contributed by atoms with Crippen molar-refractivity contribution in [1.29, 1.82) is 0 Å². The lowest BCUT2D eigenvalue weighted by atomic mass is 10.1. The number of anilines is 1. The minimum absolute atomic E-state index is 0.133. The van der Waals surface area contributed by atoms with E-state index >= 15 is 0 Å². The van der Waals surface area contributed by atoms with Gasteiger partial charge in [-0.2, -0.15) is 0 Å². The van der Waals surface area contributed by atoms with E-state index in [1.165, 1.54) is 7.11 Å². The van der Waals surface area contributed by atoms with Gasteiger partial charge in [-0.05, 0) is 50.6 Å². The van der Waals surface area contributed by atoms with E-state index in [2.05, 4.69) is 10.6 Å². The summed E-state index contributed by atoms with van der Waals surface area (Å²) in [5, 5.41) is 7.09. The lowest BCUT2D eigenvalue weighted by Crippen LogP contribution is -2.43. The molecule has 0 atom stereocenters.